The first kappa shape index (κ1) is 15.0. The topological polar surface area (TPSA) is 89.3 Å². The molecule has 0 aromatic heterocycles. The third-order valence-electron chi connectivity index (χ3n) is 3.69. The molecule has 0 fully saturated rings. The van der Waals surface area contributed by atoms with E-state index in [1.165, 1.54) is 18.2 Å². The average molecular weight is 288 g/mol. The Morgan fingerprint density at radius 3 is 2.33 bits per heavy atom. The van der Waals surface area contributed by atoms with Crippen molar-refractivity contribution in [2.45, 2.75) is 11.8 Å². The fraction of sp³-hybridized carbons (Fsp3) is 0.188. The molecule has 0 saturated carbocycles. The van der Waals surface area contributed by atoms with E-state index < -0.39 is 17.2 Å². The van der Waals surface area contributed by atoms with Crippen LogP contribution in [-0.4, -0.2) is 17.6 Å². The molecular weight excluding hydrogens is 271 g/mol. The highest BCUT2D eigenvalue weighted by Crippen LogP contribution is 2.32. The zero-order valence-corrected chi connectivity index (χ0v) is 11.4. The van der Waals surface area contributed by atoms with Crippen LogP contribution >= 0.6 is 0 Å². The molecule has 1 atom stereocenters. The van der Waals surface area contributed by atoms with Gasteiger partial charge in [-0.3, -0.25) is 4.79 Å². The van der Waals surface area contributed by atoms with Gasteiger partial charge in [0.1, 0.15) is 11.2 Å². The lowest BCUT2D eigenvalue weighted by Crippen LogP contribution is -2.45. The van der Waals surface area contributed by atoms with Crippen molar-refractivity contribution >= 4 is 11.7 Å². The summed E-state index contributed by atoms with van der Waals surface area (Å²) in [5.74, 6) is -1.75. The average Bonchev–Trinajstić information content (AvgIpc) is 2.47. The summed E-state index contributed by atoms with van der Waals surface area (Å²) in [7, 11) is 0. The van der Waals surface area contributed by atoms with Gasteiger partial charge < -0.3 is 16.6 Å². The number of carboxylic acid groups (broad SMARTS) is 1. The van der Waals surface area contributed by atoms with Gasteiger partial charge in [0.25, 0.3) is 0 Å². The maximum atomic E-state index is 14.1. The number of benzene rings is 2. The number of halogens is 1. The molecule has 0 aliphatic carbocycles. The normalized spacial score (nSPS) is 13.6. The van der Waals surface area contributed by atoms with E-state index in [-0.39, 0.29) is 18.5 Å². The van der Waals surface area contributed by atoms with Crippen LogP contribution in [0.5, 0.6) is 0 Å². The highest BCUT2D eigenvalue weighted by atomic mass is 19.1. The van der Waals surface area contributed by atoms with Crippen LogP contribution in [-0.2, 0) is 16.6 Å². The van der Waals surface area contributed by atoms with E-state index in [4.69, 9.17) is 11.5 Å². The maximum absolute atomic E-state index is 14.1. The smallest absolute Gasteiger partial charge is 0.315 e. The van der Waals surface area contributed by atoms with E-state index >= 15 is 0 Å². The minimum Gasteiger partial charge on any atom is -0.481 e. The van der Waals surface area contributed by atoms with E-state index in [0.717, 1.165) is 0 Å². The second-order valence-corrected chi connectivity index (χ2v) is 4.95. The first-order chi connectivity index (χ1) is 10.0. The van der Waals surface area contributed by atoms with Crippen molar-refractivity contribution in [1.82, 2.24) is 0 Å². The number of hydrogen-bond donors (Lipinski definition) is 3. The van der Waals surface area contributed by atoms with Crippen molar-refractivity contribution in [3.63, 3.8) is 0 Å². The van der Waals surface area contributed by atoms with Crippen molar-refractivity contribution in [3.05, 3.63) is 65.5 Å². The van der Waals surface area contributed by atoms with Gasteiger partial charge in [0.05, 0.1) is 0 Å². The van der Waals surface area contributed by atoms with Crippen molar-refractivity contribution < 1.29 is 14.3 Å². The van der Waals surface area contributed by atoms with Gasteiger partial charge in [0.15, 0.2) is 0 Å². The molecule has 4 nitrogen and oxygen atoms in total. The predicted octanol–water partition coefficient (Wildman–Crippen LogP) is 1.93. The number of para-hydroxylation sites is 1. The zero-order valence-electron chi connectivity index (χ0n) is 11.4. The van der Waals surface area contributed by atoms with Gasteiger partial charge in [-0.15, -0.1) is 0 Å². The predicted molar refractivity (Wildman–Crippen MR) is 79.3 cm³/mol. The molecule has 0 spiro atoms. The number of hydrogen-bond acceptors (Lipinski definition) is 3. The molecular formula is C16H17FN2O2. The molecule has 0 radical (unpaired) electrons. The van der Waals surface area contributed by atoms with Gasteiger partial charge in [-0.2, -0.15) is 0 Å². The van der Waals surface area contributed by atoms with Crippen LogP contribution in [0, 0.1) is 5.82 Å². The number of anilines is 1. The SMILES string of the molecule is NCC(Cc1ccccc1N)(C(=O)O)c1ccccc1F. The van der Waals surface area contributed by atoms with Gasteiger partial charge in [-0.25, -0.2) is 4.39 Å². The van der Waals surface area contributed by atoms with Crippen molar-refractivity contribution in [3.8, 4) is 0 Å². The largest absolute Gasteiger partial charge is 0.481 e. The third kappa shape index (κ3) is 2.73. The lowest BCUT2D eigenvalue weighted by Gasteiger charge is -2.29. The minimum atomic E-state index is -1.54. The van der Waals surface area contributed by atoms with E-state index in [0.29, 0.717) is 11.3 Å². The Bertz CT molecular complexity index is 660. The number of aliphatic carboxylic acids is 1. The van der Waals surface area contributed by atoms with E-state index in [2.05, 4.69) is 0 Å². The molecule has 110 valence electrons. The number of carbonyl (C=O) groups is 1. The first-order valence-corrected chi connectivity index (χ1v) is 6.53. The van der Waals surface area contributed by atoms with Crippen LogP contribution in [0.1, 0.15) is 11.1 Å². The molecule has 21 heavy (non-hydrogen) atoms. The van der Waals surface area contributed by atoms with Crippen LogP contribution in [0.2, 0.25) is 0 Å². The van der Waals surface area contributed by atoms with Crippen LogP contribution in [0.15, 0.2) is 48.5 Å². The minimum absolute atomic E-state index is 0.0342. The third-order valence-corrected chi connectivity index (χ3v) is 3.69. The van der Waals surface area contributed by atoms with Crippen LogP contribution in [0.4, 0.5) is 10.1 Å². The Kier molecular flexibility index (Phi) is 4.23. The lowest BCUT2D eigenvalue weighted by atomic mass is 9.75. The van der Waals surface area contributed by atoms with Crippen molar-refractivity contribution in [1.29, 1.82) is 0 Å². The van der Waals surface area contributed by atoms with Gasteiger partial charge in [0, 0.05) is 17.8 Å². The molecule has 2 rings (SSSR count). The van der Waals surface area contributed by atoms with Gasteiger partial charge in [-0.05, 0) is 24.1 Å². The van der Waals surface area contributed by atoms with Gasteiger partial charge in [0.2, 0.25) is 0 Å². The summed E-state index contributed by atoms with van der Waals surface area (Å²) < 4.78 is 14.1. The molecule has 2 aromatic carbocycles. The van der Waals surface area contributed by atoms with E-state index in [1.54, 1.807) is 30.3 Å². The Morgan fingerprint density at radius 2 is 1.76 bits per heavy atom. The van der Waals surface area contributed by atoms with Crippen molar-refractivity contribution in [2.75, 3.05) is 12.3 Å². The van der Waals surface area contributed by atoms with Gasteiger partial charge >= 0.3 is 5.97 Å². The number of carboxylic acids is 1. The Hall–Kier alpha value is -2.40. The summed E-state index contributed by atoms with van der Waals surface area (Å²) in [6, 6.07) is 12.7. The highest BCUT2D eigenvalue weighted by molar-refractivity contribution is 5.82. The fourth-order valence-corrected chi connectivity index (χ4v) is 2.43. The molecule has 5 heteroatoms. The molecule has 5 N–H and O–H groups in total. The highest BCUT2D eigenvalue weighted by Gasteiger charge is 2.41. The number of nitrogens with two attached hydrogens (primary N) is 2. The summed E-state index contributed by atoms with van der Waals surface area (Å²) in [5.41, 5.74) is 11.2. The summed E-state index contributed by atoms with van der Waals surface area (Å²) >= 11 is 0. The molecule has 0 heterocycles. The quantitative estimate of drug-likeness (QED) is 0.733. The van der Waals surface area contributed by atoms with E-state index in [1.807, 2.05) is 0 Å². The Balaban J connectivity index is 2.56. The fourth-order valence-electron chi connectivity index (χ4n) is 2.43. The van der Waals surface area contributed by atoms with Crippen molar-refractivity contribution in [2.24, 2.45) is 5.73 Å². The molecule has 0 bridgehead atoms. The molecule has 0 aliphatic rings. The second kappa shape index (κ2) is 5.93. The molecule has 1 unspecified atom stereocenters. The summed E-state index contributed by atoms with van der Waals surface area (Å²) in [5, 5.41) is 9.67. The molecule has 2 aromatic rings. The Labute approximate surface area is 122 Å². The zero-order chi connectivity index (χ0) is 15.5. The number of rotatable bonds is 5. The molecule has 0 amide bonds. The molecule has 0 aliphatic heterocycles. The summed E-state index contributed by atoms with van der Waals surface area (Å²) in [4.78, 5) is 11.8. The number of nitrogen functional groups attached to an aromatic ring is 1. The Morgan fingerprint density at radius 1 is 1.14 bits per heavy atom. The van der Waals surface area contributed by atoms with Crippen LogP contribution in [0.25, 0.3) is 0 Å². The standard InChI is InChI=1S/C16H17FN2O2/c17-13-7-3-2-6-12(13)16(10-18,15(20)21)9-11-5-1-4-8-14(11)19/h1-8H,9-10,18-19H2,(H,20,21). The summed E-state index contributed by atoms with van der Waals surface area (Å²) in [6.45, 7) is -0.225. The van der Waals surface area contributed by atoms with E-state index in [9.17, 15) is 14.3 Å². The first-order valence-electron chi connectivity index (χ1n) is 6.53. The monoisotopic (exact) mass is 288 g/mol. The summed E-state index contributed by atoms with van der Waals surface area (Å²) in [6.07, 6.45) is 0.0342. The van der Waals surface area contributed by atoms with Crippen LogP contribution in [0.3, 0.4) is 0 Å². The second-order valence-electron chi connectivity index (χ2n) is 4.95. The lowest BCUT2D eigenvalue weighted by molar-refractivity contribution is -0.143. The van der Waals surface area contributed by atoms with Gasteiger partial charge in [-0.1, -0.05) is 36.4 Å². The van der Waals surface area contributed by atoms with Crippen LogP contribution < -0.4 is 11.5 Å². The molecule has 0 saturated heterocycles. The maximum Gasteiger partial charge on any atom is 0.315 e.